The van der Waals surface area contributed by atoms with Crippen molar-refractivity contribution in [3.05, 3.63) is 153 Å². The van der Waals surface area contributed by atoms with Crippen molar-refractivity contribution in [2.75, 3.05) is 0 Å². The first-order chi connectivity index (χ1) is 28.2. The first-order valence-corrected chi connectivity index (χ1v) is 21.4. The summed E-state index contributed by atoms with van der Waals surface area (Å²) in [5.74, 6) is 0. The van der Waals surface area contributed by atoms with Gasteiger partial charge in [-0.3, -0.25) is 0 Å². The van der Waals surface area contributed by atoms with Crippen LogP contribution in [0.1, 0.15) is 139 Å². The molecule has 8 bridgehead atoms. The standard InChI is InChI=1S/C56H60N4/c1-53(2,3)38-28-36(29-39(32-38)54(4,5)6)51-47-22-19-42(57-47)34-43-20-23-48(58-43)52(37-30-40(55(7,8)9)33-41(31-37)56(10,11)12)50-27-25-46(60-50)44(45-24-26-49(51)59-45)21-18-35-16-14-13-15-17-35/h13-34,57,60H,1-12H3/b21-18+,42-34?,43-34?,45-44?,46-44?,51-47?,51-49?,52-48?,52-50?. The second-order valence-corrected chi connectivity index (χ2v) is 20.7. The van der Waals surface area contributed by atoms with E-state index in [-0.39, 0.29) is 21.7 Å². The van der Waals surface area contributed by atoms with Crippen molar-refractivity contribution in [1.29, 1.82) is 0 Å². The van der Waals surface area contributed by atoms with E-state index < -0.39 is 0 Å². The Kier molecular flexibility index (Phi) is 10.1. The Morgan fingerprint density at radius 2 is 0.883 bits per heavy atom. The highest BCUT2D eigenvalue weighted by Crippen LogP contribution is 2.40. The van der Waals surface area contributed by atoms with Crippen molar-refractivity contribution in [2.24, 2.45) is 0 Å². The number of aromatic nitrogens is 4. The molecular formula is C56H60N4. The number of H-pyrrole nitrogens is 2. The Labute approximate surface area is 357 Å². The van der Waals surface area contributed by atoms with E-state index in [1.165, 1.54) is 22.3 Å². The van der Waals surface area contributed by atoms with E-state index in [9.17, 15) is 0 Å². The number of nitrogens with zero attached hydrogens (tertiary/aromatic N) is 2. The molecule has 0 fully saturated rings. The molecule has 4 nitrogen and oxygen atoms in total. The Morgan fingerprint density at radius 3 is 1.43 bits per heavy atom. The summed E-state index contributed by atoms with van der Waals surface area (Å²) in [4.78, 5) is 18.6. The van der Waals surface area contributed by atoms with Crippen molar-refractivity contribution < 1.29 is 0 Å². The molecule has 4 heteroatoms. The molecule has 0 unspecified atom stereocenters. The lowest BCUT2D eigenvalue weighted by molar-refractivity contribution is 0.568. The largest absolute Gasteiger partial charge is 0.355 e. The third kappa shape index (κ3) is 8.39. The minimum absolute atomic E-state index is 0.0396. The predicted molar refractivity (Wildman–Crippen MR) is 260 cm³/mol. The quantitative estimate of drug-likeness (QED) is 0.187. The number of hydrogen-bond donors (Lipinski definition) is 2. The van der Waals surface area contributed by atoms with Crippen LogP contribution in [0.5, 0.6) is 0 Å². The van der Waals surface area contributed by atoms with Gasteiger partial charge in [0.1, 0.15) is 0 Å². The zero-order chi connectivity index (χ0) is 42.8. The number of hydrogen-bond acceptors (Lipinski definition) is 2. The van der Waals surface area contributed by atoms with Crippen molar-refractivity contribution in [3.8, 4) is 22.3 Å². The van der Waals surface area contributed by atoms with E-state index in [2.05, 4.69) is 227 Å². The van der Waals surface area contributed by atoms with Gasteiger partial charge >= 0.3 is 0 Å². The van der Waals surface area contributed by atoms with Crippen LogP contribution in [0.4, 0.5) is 0 Å². The first kappa shape index (κ1) is 40.8. The summed E-state index contributed by atoms with van der Waals surface area (Å²) in [6, 6.07) is 35.6. The Bertz CT molecular complexity index is 2740. The van der Waals surface area contributed by atoms with Crippen molar-refractivity contribution in [3.63, 3.8) is 0 Å². The molecule has 0 amide bonds. The molecule has 0 aliphatic carbocycles. The summed E-state index contributed by atoms with van der Waals surface area (Å²) in [7, 11) is 0. The number of nitrogens with one attached hydrogen (secondary N) is 2. The van der Waals surface area contributed by atoms with E-state index in [4.69, 9.17) is 9.97 Å². The number of fused-ring (bicyclic) bond motifs is 8. The second kappa shape index (κ2) is 14.9. The zero-order valence-corrected chi connectivity index (χ0v) is 37.6. The van der Waals surface area contributed by atoms with Gasteiger partial charge in [0, 0.05) is 38.8 Å². The van der Waals surface area contributed by atoms with Crippen LogP contribution in [0.25, 0.3) is 80.8 Å². The maximum atomic E-state index is 5.51. The fourth-order valence-corrected chi connectivity index (χ4v) is 7.96. The summed E-state index contributed by atoms with van der Waals surface area (Å²) in [6.45, 7) is 27.5. The minimum atomic E-state index is -0.0396. The molecule has 2 aliphatic rings. The summed E-state index contributed by atoms with van der Waals surface area (Å²) in [5.41, 5.74) is 19.3. The smallest absolute Gasteiger partial charge is 0.0737 e. The molecule has 0 atom stereocenters. The average Bonchev–Trinajstić information content (AvgIpc) is 4.01. The van der Waals surface area contributed by atoms with Crippen LogP contribution in [0.3, 0.4) is 0 Å². The zero-order valence-electron chi connectivity index (χ0n) is 37.6. The summed E-state index contributed by atoms with van der Waals surface area (Å²) in [6.07, 6.45) is 13.0. The predicted octanol–water partition coefficient (Wildman–Crippen LogP) is 15.3. The van der Waals surface area contributed by atoms with Crippen molar-refractivity contribution >= 4 is 58.5 Å². The van der Waals surface area contributed by atoms with Crippen LogP contribution in [-0.4, -0.2) is 19.9 Å². The maximum Gasteiger partial charge on any atom is 0.0737 e. The van der Waals surface area contributed by atoms with Gasteiger partial charge in [0.2, 0.25) is 0 Å². The second-order valence-electron chi connectivity index (χ2n) is 20.7. The van der Waals surface area contributed by atoms with E-state index in [1.54, 1.807) is 0 Å². The SMILES string of the molecule is CC(C)(C)c1cc(-c2c3nc(c(/C=C/c4ccccc4)c4ccc([nH]4)c(-c4cc(C(C)(C)C)cc(C(C)(C)C)c4)c4nc(cc5ccc2[nH]5)C=C4)C=C3)cc(C(C)(C)C)c1. The Hall–Kier alpha value is -6.00. The van der Waals surface area contributed by atoms with Crippen LogP contribution in [-0.2, 0) is 21.7 Å². The average molecular weight is 789 g/mol. The number of aromatic amines is 2. The lowest BCUT2D eigenvalue weighted by Crippen LogP contribution is -2.16. The highest BCUT2D eigenvalue weighted by molar-refractivity contribution is 5.96. The molecule has 3 aromatic heterocycles. The molecule has 0 radical (unpaired) electrons. The molecule has 60 heavy (non-hydrogen) atoms. The van der Waals surface area contributed by atoms with E-state index in [0.29, 0.717) is 0 Å². The molecule has 5 heterocycles. The monoisotopic (exact) mass is 788 g/mol. The molecule has 3 aromatic carbocycles. The molecule has 2 N–H and O–H groups in total. The van der Waals surface area contributed by atoms with Crippen LogP contribution >= 0.6 is 0 Å². The normalized spacial score (nSPS) is 13.5. The Balaban J connectivity index is 1.50. The molecule has 0 saturated carbocycles. The maximum absolute atomic E-state index is 5.51. The lowest BCUT2D eigenvalue weighted by Gasteiger charge is -2.26. The molecule has 304 valence electrons. The summed E-state index contributed by atoms with van der Waals surface area (Å²) in [5, 5.41) is 0. The van der Waals surface area contributed by atoms with Gasteiger partial charge < -0.3 is 9.97 Å². The fourth-order valence-electron chi connectivity index (χ4n) is 7.96. The molecule has 0 saturated heterocycles. The molecular weight excluding hydrogens is 729 g/mol. The minimum Gasteiger partial charge on any atom is -0.355 e. The summed E-state index contributed by atoms with van der Waals surface area (Å²) < 4.78 is 0. The van der Waals surface area contributed by atoms with Gasteiger partial charge in [0.05, 0.1) is 22.8 Å². The van der Waals surface area contributed by atoms with E-state index in [1.807, 2.05) is 0 Å². The van der Waals surface area contributed by atoms with Crippen LogP contribution in [0, 0.1) is 0 Å². The van der Waals surface area contributed by atoms with Gasteiger partial charge in [-0.15, -0.1) is 0 Å². The first-order valence-electron chi connectivity index (χ1n) is 21.4. The Morgan fingerprint density at radius 1 is 0.417 bits per heavy atom. The van der Waals surface area contributed by atoms with Gasteiger partial charge in [0.15, 0.2) is 0 Å². The molecule has 8 rings (SSSR count). The van der Waals surface area contributed by atoms with Gasteiger partial charge in [0.25, 0.3) is 0 Å². The van der Waals surface area contributed by atoms with Gasteiger partial charge in [-0.05, 0) is 115 Å². The van der Waals surface area contributed by atoms with Crippen LogP contribution in [0.2, 0.25) is 0 Å². The van der Waals surface area contributed by atoms with E-state index >= 15 is 0 Å². The highest BCUT2D eigenvalue weighted by atomic mass is 14.8. The fraction of sp³-hybridized carbons (Fsp3) is 0.286. The van der Waals surface area contributed by atoms with Crippen LogP contribution in [0.15, 0.2) is 97.1 Å². The molecule has 2 aliphatic heterocycles. The summed E-state index contributed by atoms with van der Waals surface area (Å²) >= 11 is 0. The van der Waals surface area contributed by atoms with Crippen LogP contribution < -0.4 is 0 Å². The van der Waals surface area contributed by atoms with Gasteiger partial charge in [-0.2, -0.15) is 0 Å². The highest BCUT2D eigenvalue weighted by Gasteiger charge is 2.25. The lowest BCUT2D eigenvalue weighted by atomic mass is 9.78. The van der Waals surface area contributed by atoms with E-state index in [0.717, 1.165) is 78.2 Å². The topological polar surface area (TPSA) is 57.4 Å². The third-order valence-electron chi connectivity index (χ3n) is 11.8. The van der Waals surface area contributed by atoms with Gasteiger partial charge in [-0.25, -0.2) is 9.97 Å². The van der Waals surface area contributed by atoms with Crippen molar-refractivity contribution in [2.45, 2.75) is 105 Å². The number of benzene rings is 3. The third-order valence-corrected chi connectivity index (χ3v) is 11.8. The number of rotatable bonds is 4. The van der Waals surface area contributed by atoms with Crippen molar-refractivity contribution in [1.82, 2.24) is 19.9 Å². The molecule has 6 aromatic rings. The van der Waals surface area contributed by atoms with Gasteiger partial charge in [-0.1, -0.05) is 162 Å². The molecule has 0 spiro atoms.